The van der Waals surface area contributed by atoms with Gasteiger partial charge < -0.3 is 10.6 Å². The first kappa shape index (κ1) is 23.0. The molecule has 2 N–H and O–H groups in total. The zero-order chi connectivity index (χ0) is 24.1. The van der Waals surface area contributed by atoms with Crippen molar-refractivity contribution in [2.24, 2.45) is 0 Å². The fraction of sp³-hybridized carbons (Fsp3) is 0.0769. The van der Waals surface area contributed by atoms with Crippen LogP contribution in [0.1, 0.15) is 17.3 Å². The Morgan fingerprint density at radius 3 is 2.12 bits per heavy atom. The third kappa shape index (κ3) is 5.60. The maximum atomic E-state index is 12.6. The molecule has 34 heavy (non-hydrogen) atoms. The predicted molar refractivity (Wildman–Crippen MR) is 135 cm³/mol. The number of fused-ring (bicyclic) bond motifs is 1. The summed E-state index contributed by atoms with van der Waals surface area (Å²) in [6.45, 7) is 1.78. The lowest BCUT2D eigenvalue weighted by molar-refractivity contribution is -0.384. The minimum atomic E-state index is -0.488. The van der Waals surface area contributed by atoms with Gasteiger partial charge in [-0.15, -0.1) is 11.8 Å². The number of carbonyl (C=O) groups excluding carboxylic acids is 2. The molecule has 4 rings (SSSR count). The normalized spacial score (nSPS) is 11.6. The fourth-order valence-corrected chi connectivity index (χ4v) is 4.19. The summed E-state index contributed by atoms with van der Waals surface area (Å²) in [5.41, 5.74) is 1.70. The number of nitro groups is 1. The minimum Gasteiger partial charge on any atom is -0.325 e. The van der Waals surface area contributed by atoms with E-state index in [-0.39, 0.29) is 17.5 Å². The van der Waals surface area contributed by atoms with E-state index in [9.17, 15) is 19.7 Å². The number of nitro benzene ring substituents is 1. The van der Waals surface area contributed by atoms with Gasteiger partial charge in [-0.3, -0.25) is 19.7 Å². The summed E-state index contributed by atoms with van der Waals surface area (Å²) in [5.74, 6) is -0.408. The van der Waals surface area contributed by atoms with E-state index in [0.717, 1.165) is 15.7 Å². The molecule has 0 saturated carbocycles. The number of benzene rings is 4. The van der Waals surface area contributed by atoms with Crippen LogP contribution in [0.25, 0.3) is 10.8 Å². The van der Waals surface area contributed by atoms with Crippen LogP contribution in [0.15, 0.2) is 95.9 Å². The second-order valence-corrected chi connectivity index (χ2v) is 9.01. The van der Waals surface area contributed by atoms with Crippen molar-refractivity contribution in [3.63, 3.8) is 0 Å². The van der Waals surface area contributed by atoms with Crippen molar-refractivity contribution in [3.05, 3.63) is 107 Å². The summed E-state index contributed by atoms with van der Waals surface area (Å²) in [6, 6.07) is 26.4. The maximum absolute atomic E-state index is 12.6. The Bertz CT molecular complexity index is 1350. The van der Waals surface area contributed by atoms with Crippen molar-refractivity contribution in [3.8, 4) is 0 Å². The molecule has 7 nitrogen and oxygen atoms in total. The summed E-state index contributed by atoms with van der Waals surface area (Å²) in [6.07, 6.45) is 0. The number of hydrogen-bond acceptors (Lipinski definition) is 5. The molecule has 0 aliphatic carbocycles. The molecule has 2 amide bonds. The highest BCUT2D eigenvalue weighted by Crippen LogP contribution is 2.26. The standard InChI is InChI=1S/C26H21N3O4S/c1-17(25(30)27-21-8-12-23(13-9-21)29(32)33)34-24-14-10-22(11-15-24)28-26(31)20-7-6-18-4-2-3-5-19(18)16-20/h2-17H,1H3,(H,27,30)(H,28,31). The highest BCUT2D eigenvalue weighted by atomic mass is 32.2. The van der Waals surface area contributed by atoms with Gasteiger partial charge in [0, 0.05) is 34.0 Å². The van der Waals surface area contributed by atoms with Crippen LogP contribution in [0.4, 0.5) is 17.1 Å². The average molecular weight is 472 g/mol. The molecular formula is C26H21N3O4S. The predicted octanol–water partition coefficient (Wildman–Crippen LogP) is 6.12. The number of nitrogens with one attached hydrogen (secondary N) is 2. The molecular weight excluding hydrogens is 450 g/mol. The molecule has 0 spiro atoms. The number of rotatable bonds is 7. The van der Waals surface area contributed by atoms with Crippen LogP contribution < -0.4 is 10.6 Å². The number of nitrogens with zero attached hydrogens (tertiary/aromatic N) is 1. The smallest absolute Gasteiger partial charge is 0.269 e. The largest absolute Gasteiger partial charge is 0.325 e. The van der Waals surface area contributed by atoms with Crippen molar-refractivity contribution >= 4 is 51.4 Å². The Morgan fingerprint density at radius 1 is 0.824 bits per heavy atom. The van der Waals surface area contributed by atoms with Crippen molar-refractivity contribution in [2.75, 3.05) is 10.6 Å². The Kier molecular flexibility index (Phi) is 6.89. The van der Waals surface area contributed by atoms with E-state index < -0.39 is 10.2 Å². The van der Waals surface area contributed by atoms with Gasteiger partial charge in [0.25, 0.3) is 11.6 Å². The Labute approximate surface area is 200 Å². The second kappa shape index (κ2) is 10.2. The number of amides is 2. The van der Waals surface area contributed by atoms with Crippen LogP contribution in [-0.4, -0.2) is 22.0 Å². The summed E-state index contributed by atoms with van der Waals surface area (Å²) in [4.78, 5) is 36.2. The van der Waals surface area contributed by atoms with E-state index in [4.69, 9.17) is 0 Å². The van der Waals surface area contributed by atoms with Crippen LogP contribution in [-0.2, 0) is 4.79 Å². The molecule has 4 aromatic carbocycles. The van der Waals surface area contributed by atoms with E-state index in [0.29, 0.717) is 16.9 Å². The van der Waals surface area contributed by atoms with Gasteiger partial charge in [0.2, 0.25) is 5.91 Å². The highest BCUT2D eigenvalue weighted by Gasteiger charge is 2.15. The summed E-state index contributed by atoms with van der Waals surface area (Å²) in [5, 5.41) is 18.1. The Balaban J connectivity index is 1.33. The lowest BCUT2D eigenvalue weighted by Crippen LogP contribution is -2.22. The number of carbonyl (C=O) groups is 2. The highest BCUT2D eigenvalue weighted by molar-refractivity contribution is 8.00. The number of non-ortho nitro benzene ring substituents is 1. The van der Waals surface area contributed by atoms with Crippen LogP contribution in [0.2, 0.25) is 0 Å². The molecule has 0 aliphatic rings. The summed E-state index contributed by atoms with van der Waals surface area (Å²) < 4.78 is 0. The van der Waals surface area contributed by atoms with Gasteiger partial charge in [0.05, 0.1) is 10.2 Å². The molecule has 8 heteroatoms. The molecule has 0 aliphatic heterocycles. The number of hydrogen-bond donors (Lipinski definition) is 2. The Morgan fingerprint density at radius 2 is 1.44 bits per heavy atom. The first-order valence-electron chi connectivity index (χ1n) is 10.5. The van der Waals surface area contributed by atoms with Crippen molar-refractivity contribution in [1.29, 1.82) is 0 Å². The van der Waals surface area contributed by atoms with Crippen molar-refractivity contribution in [1.82, 2.24) is 0 Å². The van der Waals surface area contributed by atoms with E-state index in [1.165, 1.54) is 36.0 Å². The zero-order valence-corrected chi connectivity index (χ0v) is 19.0. The van der Waals surface area contributed by atoms with E-state index in [2.05, 4.69) is 10.6 Å². The molecule has 0 fully saturated rings. The topological polar surface area (TPSA) is 101 Å². The first-order chi connectivity index (χ1) is 16.4. The number of anilines is 2. The molecule has 0 aromatic heterocycles. The third-order valence-electron chi connectivity index (χ3n) is 5.15. The average Bonchev–Trinajstić information content (AvgIpc) is 2.85. The van der Waals surface area contributed by atoms with Crippen LogP contribution in [0, 0.1) is 10.1 Å². The van der Waals surface area contributed by atoms with Crippen molar-refractivity contribution in [2.45, 2.75) is 17.1 Å². The van der Waals surface area contributed by atoms with Gasteiger partial charge in [-0.1, -0.05) is 30.3 Å². The quantitative estimate of drug-likeness (QED) is 0.192. The lowest BCUT2D eigenvalue weighted by Gasteiger charge is -2.12. The molecule has 0 bridgehead atoms. The van der Waals surface area contributed by atoms with Crippen LogP contribution in [0.3, 0.4) is 0 Å². The van der Waals surface area contributed by atoms with Gasteiger partial charge >= 0.3 is 0 Å². The zero-order valence-electron chi connectivity index (χ0n) is 18.2. The van der Waals surface area contributed by atoms with E-state index >= 15 is 0 Å². The van der Waals surface area contributed by atoms with Gasteiger partial charge in [0.15, 0.2) is 0 Å². The SMILES string of the molecule is CC(Sc1ccc(NC(=O)c2ccc3ccccc3c2)cc1)C(=O)Nc1ccc([N+](=O)[O-])cc1. The maximum Gasteiger partial charge on any atom is 0.269 e. The van der Waals surface area contributed by atoms with Gasteiger partial charge in [-0.25, -0.2) is 0 Å². The van der Waals surface area contributed by atoms with Gasteiger partial charge in [-0.2, -0.15) is 0 Å². The number of thioether (sulfide) groups is 1. The molecule has 1 unspecified atom stereocenters. The summed E-state index contributed by atoms with van der Waals surface area (Å²) >= 11 is 1.37. The van der Waals surface area contributed by atoms with Crippen molar-refractivity contribution < 1.29 is 14.5 Å². The minimum absolute atomic E-state index is 0.0341. The van der Waals surface area contributed by atoms with Gasteiger partial charge in [0.1, 0.15) is 0 Å². The van der Waals surface area contributed by atoms with E-state index in [1.54, 1.807) is 25.1 Å². The molecule has 0 heterocycles. The summed E-state index contributed by atoms with van der Waals surface area (Å²) in [7, 11) is 0. The Hall–Kier alpha value is -4.17. The molecule has 0 saturated heterocycles. The van der Waals surface area contributed by atoms with Gasteiger partial charge in [-0.05, 0) is 66.2 Å². The lowest BCUT2D eigenvalue weighted by atomic mass is 10.1. The monoisotopic (exact) mass is 471 g/mol. The second-order valence-electron chi connectivity index (χ2n) is 7.59. The molecule has 0 radical (unpaired) electrons. The molecule has 4 aromatic rings. The van der Waals surface area contributed by atoms with Crippen LogP contribution >= 0.6 is 11.8 Å². The first-order valence-corrected chi connectivity index (χ1v) is 11.4. The third-order valence-corrected chi connectivity index (χ3v) is 6.26. The molecule has 170 valence electrons. The molecule has 1 atom stereocenters. The fourth-order valence-electron chi connectivity index (χ4n) is 3.32. The van der Waals surface area contributed by atoms with E-state index in [1.807, 2.05) is 48.5 Å². The van der Waals surface area contributed by atoms with Crippen LogP contribution in [0.5, 0.6) is 0 Å².